The molecule has 0 fully saturated rings. The summed E-state index contributed by atoms with van der Waals surface area (Å²) in [5, 5.41) is 8.48. The van der Waals surface area contributed by atoms with E-state index >= 15 is 0 Å². The molecule has 20 heteroatoms. The number of amides is 1. The predicted octanol–water partition coefficient (Wildman–Crippen LogP) is 12.2. The minimum Gasteiger partial charge on any atom is -0.487 e. The number of carbonyl (C=O) groups is 1. The Kier molecular flexibility index (Phi) is 41.1. The van der Waals surface area contributed by atoms with E-state index in [1.807, 2.05) is 155 Å². The van der Waals surface area contributed by atoms with Crippen LogP contribution in [0.4, 0.5) is 0 Å². The van der Waals surface area contributed by atoms with Crippen molar-refractivity contribution in [3.8, 4) is 34.5 Å². The van der Waals surface area contributed by atoms with Gasteiger partial charge in [0.05, 0.1) is 84.9 Å². The fourth-order valence-electron chi connectivity index (χ4n) is 7.77. The number of benzene rings is 4. The quantitative estimate of drug-likeness (QED) is 0.0368. The molecule has 7 aromatic rings. The second-order valence-electron chi connectivity index (χ2n) is 18.1. The maximum atomic E-state index is 12.1. The smallest absolute Gasteiger partial charge is 0.487 e. The normalized spacial score (nSPS) is 13.1. The Hall–Kier alpha value is -5.68. The maximum Gasteiger partial charge on any atom is 2.00 e. The van der Waals surface area contributed by atoms with Crippen LogP contribution in [0.5, 0.6) is 34.5 Å². The number of nitrogens with zero attached hydrogens (tertiary/aromatic N) is 4. The molecule has 1 aliphatic rings. The van der Waals surface area contributed by atoms with E-state index in [0.717, 1.165) is 47.6 Å². The van der Waals surface area contributed by atoms with Crippen LogP contribution in [0.15, 0.2) is 165 Å². The van der Waals surface area contributed by atoms with Crippen LogP contribution in [0.2, 0.25) is 0 Å². The van der Waals surface area contributed by atoms with E-state index in [1.165, 1.54) is 11.1 Å². The summed E-state index contributed by atoms with van der Waals surface area (Å²) in [4.78, 5) is 13.9. The van der Waals surface area contributed by atoms with Crippen molar-refractivity contribution in [2.45, 2.75) is 59.7 Å². The minimum absolute atomic E-state index is 0. The monoisotopic (exact) mass is 1420 g/mol. The number of carbonyl (C=O) groups excluding carboxylic acids is 1. The van der Waals surface area contributed by atoms with Gasteiger partial charge in [-0.3, -0.25) is 4.79 Å². The number of aromatic nitrogens is 3. The number of fused-ring (bicyclic) bond motifs is 2. The van der Waals surface area contributed by atoms with Crippen molar-refractivity contribution in [1.29, 1.82) is 0 Å². The number of halogens is 2. The molecule has 0 saturated carbocycles. The molecule has 2 heterocycles. The fourth-order valence-corrected chi connectivity index (χ4v) is 7.77. The van der Waals surface area contributed by atoms with E-state index in [1.54, 1.807) is 6.92 Å². The Morgan fingerprint density at radius 3 is 1.57 bits per heavy atom. The Labute approximate surface area is 524 Å². The molecule has 1 aliphatic heterocycles. The van der Waals surface area contributed by atoms with E-state index in [-0.39, 0.29) is 23.0 Å². The number of hydrogen-bond donors (Lipinski definition) is 0. The summed E-state index contributed by atoms with van der Waals surface area (Å²) in [7, 11) is 9.75. The average molecular weight is 1420 g/mol. The fraction of sp³-hybridized carbons (Fsp3) is 0.391. The van der Waals surface area contributed by atoms with Crippen LogP contribution in [0.1, 0.15) is 47.7 Å². The topological polar surface area (TPSA) is 153 Å². The molecule has 16 nitrogen and oxygen atoms in total. The molecular weight excluding hydrogens is 1340 g/mol. The molecule has 84 heavy (non-hydrogen) atoms. The Balaban J connectivity index is 0.000000382. The van der Waals surface area contributed by atoms with Crippen LogP contribution in [-0.4, -0.2) is 132 Å². The zero-order chi connectivity index (χ0) is 59.2. The van der Waals surface area contributed by atoms with Gasteiger partial charge in [-0.2, -0.15) is 30.3 Å². The first-order chi connectivity index (χ1) is 40.8. The summed E-state index contributed by atoms with van der Waals surface area (Å²) in [5.74, 6) is 4.52. The van der Waals surface area contributed by atoms with Crippen LogP contribution in [0.3, 0.4) is 0 Å². The zero-order valence-corrected chi connectivity index (χ0v) is 53.4. The van der Waals surface area contributed by atoms with Gasteiger partial charge in [-0.25, -0.2) is 28.9 Å². The van der Waals surface area contributed by atoms with E-state index in [4.69, 9.17) is 70.9 Å². The first-order valence-corrected chi connectivity index (χ1v) is 33.3. The standard InChI is InChI=1S/C33H41N4O4.C24H32O8.C5H5.C2H4.2ClH.Fe.Pt/c1-26-20-27(2)22-33(21-26)41-19-18-39-17-15-37-25-31(34-35-37)10-6-7-16-40-32-13-11-30(12-14-32)24-36(28(3)38)23-29-8-4-5-9-29;1-2-6-22-21(5-1)29-17-13-25-9-10-27-15-19-31-23-7-3-4-8-24(23)32-20-16-28-12-11-26-14-18-30-22;1-2-4-5-3-1;1-2;;;;/h4-5,8-9,11-14,20-22,25H,6-7,10,15-19,23-24H2,1-3H3;1-8H,9-20H2;1-5H;1-2H2;2*1H;;/q-1;;-1;;;;2*+2/p-2. The predicted molar refractivity (Wildman–Crippen MR) is 322 cm³/mol. The SMILES string of the molecule is C=C.CC(=O)N(Cc1ccc(OCCCCc2cn(CCOCCOc3cc(C)cc(C)c3)nn2)cc1)Cc1ccc[cH-]1.[Cl][Pt][Cl].[Fe+2].c1cc[cH-]c1.c1ccc2c(c1)OCCOCCOCCOc1ccccc1OCCOCCOCCO2. The number of ether oxygens (including phenoxy) is 11. The third-order valence-corrected chi connectivity index (χ3v) is 11.6. The summed E-state index contributed by atoms with van der Waals surface area (Å²) in [5.41, 5.74) is 5.59. The van der Waals surface area contributed by atoms with Crippen molar-refractivity contribution in [3.63, 3.8) is 0 Å². The number of aryl methyl sites for hydroxylation is 3. The molecule has 0 saturated heterocycles. The number of rotatable bonds is 17. The summed E-state index contributed by atoms with van der Waals surface area (Å²) >= 11 is -0.472. The molecule has 0 spiro atoms. The number of unbranched alkanes of at least 4 members (excludes halogenated alkanes) is 1. The Morgan fingerprint density at radius 2 is 1.11 bits per heavy atom. The molecule has 1 aromatic heterocycles. The van der Waals surface area contributed by atoms with Crippen LogP contribution in [0.25, 0.3) is 0 Å². The molecule has 0 aliphatic carbocycles. The van der Waals surface area contributed by atoms with Crippen LogP contribution in [-0.2, 0) is 88.1 Å². The van der Waals surface area contributed by atoms with E-state index < -0.39 is 16.5 Å². The Bertz CT molecular complexity index is 2530. The number of hydrogen-bond acceptors (Lipinski definition) is 14. The van der Waals surface area contributed by atoms with E-state index in [9.17, 15) is 4.79 Å². The Morgan fingerprint density at radius 1 is 0.607 bits per heavy atom. The van der Waals surface area contributed by atoms with Crippen molar-refractivity contribution in [2.24, 2.45) is 0 Å². The first kappa shape index (κ1) is 72.6. The molecule has 0 atom stereocenters. The molecule has 1 amide bonds. The van der Waals surface area contributed by atoms with E-state index in [2.05, 4.69) is 43.4 Å². The largest absolute Gasteiger partial charge is 2.00 e. The van der Waals surface area contributed by atoms with Gasteiger partial charge in [-0.1, -0.05) is 47.7 Å². The van der Waals surface area contributed by atoms with Crippen molar-refractivity contribution >= 4 is 24.7 Å². The van der Waals surface area contributed by atoms with Crippen molar-refractivity contribution in [2.75, 3.05) is 106 Å². The van der Waals surface area contributed by atoms with E-state index in [0.29, 0.717) is 148 Å². The van der Waals surface area contributed by atoms with Crippen LogP contribution >= 0.6 is 18.8 Å². The molecule has 6 aromatic carbocycles. The summed E-state index contributed by atoms with van der Waals surface area (Å²) in [6.07, 6.45) is 4.74. The van der Waals surface area contributed by atoms with Gasteiger partial charge in [-0.05, 0) is 98.3 Å². The zero-order valence-electron chi connectivity index (χ0n) is 48.5. The summed E-state index contributed by atoms with van der Waals surface area (Å²) < 4.78 is 64.6. The second kappa shape index (κ2) is 47.5. The molecule has 0 radical (unpaired) electrons. The number of para-hydroxylation sites is 4. The second-order valence-corrected chi connectivity index (χ2v) is 21.4. The molecule has 0 N–H and O–H groups in total. The third-order valence-electron chi connectivity index (χ3n) is 11.6. The van der Waals surface area contributed by atoms with Crippen molar-refractivity contribution in [1.82, 2.24) is 19.9 Å². The minimum atomic E-state index is -0.472. The maximum absolute atomic E-state index is 12.1. The van der Waals surface area contributed by atoms with Gasteiger partial charge in [0.1, 0.15) is 44.5 Å². The average Bonchev–Trinajstić information content (AvgIpc) is 4.38. The molecule has 0 unspecified atom stereocenters. The first-order valence-electron chi connectivity index (χ1n) is 27.6. The molecular formula is C64H82Cl2FeN4O12Pt. The van der Waals surface area contributed by atoms with Gasteiger partial charge < -0.3 is 57.0 Å². The summed E-state index contributed by atoms with van der Waals surface area (Å²) in [6, 6.07) is 47.4. The van der Waals surface area contributed by atoms with Gasteiger partial charge in [0.25, 0.3) is 0 Å². The van der Waals surface area contributed by atoms with Gasteiger partial charge in [0, 0.05) is 26.2 Å². The third kappa shape index (κ3) is 33.1. The van der Waals surface area contributed by atoms with Gasteiger partial charge in [0.15, 0.2) is 23.0 Å². The van der Waals surface area contributed by atoms with Crippen LogP contribution in [0, 0.1) is 13.8 Å². The van der Waals surface area contributed by atoms with Crippen molar-refractivity contribution in [3.05, 3.63) is 193 Å². The van der Waals surface area contributed by atoms with Crippen LogP contribution < -0.4 is 28.4 Å². The summed E-state index contributed by atoms with van der Waals surface area (Å²) in [6.45, 7) is 21.3. The molecule has 8 rings (SSSR count). The van der Waals surface area contributed by atoms with Crippen molar-refractivity contribution < 1.29 is 90.4 Å². The van der Waals surface area contributed by atoms with Gasteiger partial charge in [0.2, 0.25) is 5.91 Å². The van der Waals surface area contributed by atoms with Gasteiger partial charge >= 0.3 is 52.4 Å². The molecule has 462 valence electrons. The van der Waals surface area contributed by atoms with Gasteiger partial charge in [-0.15, -0.1) is 23.8 Å². The molecule has 0 bridgehead atoms.